The van der Waals surface area contributed by atoms with Crippen LogP contribution >= 0.6 is 41.0 Å². The summed E-state index contributed by atoms with van der Waals surface area (Å²) in [5.74, 6) is -4.41. The second kappa shape index (κ2) is 37.8. The van der Waals surface area contributed by atoms with Crippen molar-refractivity contribution in [1.82, 2.24) is 21.3 Å². The van der Waals surface area contributed by atoms with Gasteiger partial charge in [0.2, 0.25) is 11.8 Å². The van der Waals surface area contributed by atoms with Gasteiger partial charge in [0, 0.05) is 42.0 Å². The van der Waals surface area contributed by atoms with E-state index in [1.165, 1.54) is 39.8 Å². The molecule has 0 aromatic heterocycles. The number of hydrogen-bond acceptors (Lipinski definition) is 19. The Bertz CT molecular complexity index is 3570. The van der Waals surface area contributed by atoms with Gasteiger partial charge in [-0.05, 0) is 115 Å². The summed E-state index contributed by atoms with van der Waals surface area (Å²) in [5.41, 5.74) is 5.97. The summed E-state index contributed by atoms with van der Waals surface area (Å²) in [5, 5.41) is 22.7. The topological polar surface area (TPSA) is 342 Å². The molecular weight excluding hydrogens is 1840 g/mol. The van der Waals surface area contributed by atoms with E-state index < -0.39 is 92.7 Å². The van der Waals surface area contributed by atoms with Gasteiger partial charge in [-0.2, -0.15) is 0 Å². The number of carboxylic acid groups (broad SMARTS) is 1. The molecule has 0 spiro atoms. The number of phosphoric ester groups is 1. The van der Waals surface area contributed by atoms with Crippen LogP contribution in [0.3, 0.4) is 0 Å². The summed E-state index contributed by atoms with van der Waals surface area (Å²) in [6.45, 7) is 7.83. The van der Waals surface area contributed by atoms with E-state index in [1.807, 2.05) is 99.6 Å². The van der Waals surface area contributed by atoms with E-state index in [1.54, 1.807) is 51.2 Å². The van der Waals surface area contributed by atoms with E-state index in [0.717, 1.165) is 27.8 Å². The Morgan fingerprint density at radius 3 is 2.13 bits per heavy atom. The van der Waals surface area contributed by atoms with Gasteiger partial charge >= 0.3 is 37.9 Å². The molecule has 1 saturated heterocycles. The fraction of sp³-hybridized carbons (Fsp3) is 0.412. The van der Waals surface area contributed by atoms with Crippen molar-refractivity contribution in [1.29, 1.82) is 0 Å². The zero-order valence-electron chi connectivity index (χ0n) is 54.5. The number of halogens is 1. The maximum absolute atomic E-state index is 13.9. The summed E-state index contributed by atoms with van der Waals surface area (Å²) < 4.78 is 50.3. The number of benzene rings is 5. The quantitative estimate of drug-likeness (QED) is 0.00266. The van der Waals surface area contributed by atoms with Crippen molar-refractivity contribution in [2.45, 2.75) is 114 Å². The van der Waals surface area contributed by atoms with Crippen molar-refractivity contribution in [2.24, 2.45) is 17.3 Å². The monoisotopic (exact) mass is 1920 g/mol. The summed E-state index contributed by atoms with van der Waals surface area (Å²) >= 11 is 6.63. The zero-order valence-corrected chi connectivity index (χ0v) is 62.6. The number of hydrogen-bond donors (Lipinski definition) is 8. The maximum atomic E-state index is 13.9. The molecule has 7 atom stereocenters. The first-order chi connectivity index (χ1) is 45.8. The van der Waals surface area contributed by atoms with E-state index in [-0.39, 0.29) is 98.5 Å². The normalized spacial score (nSPS) is 15.5. The van der Waals surface area contributed by atoms with Crippen LogP contribution in [0, 0.1) is 17.3 Å². The molecule has 0 radical (unpaired) electrons. The Hall–Kier alpha value is -9.62. The second-order valence-electron chi connectivity index (χ2n) is 24.0. The van der Waals surface area contributed by atoms with Gasteiger partial charge < -0.3 is 69.4 Å². The molecule has 5 aromatic rings. The number of ether oxygens (including phenoxy) is 6. The predicted molar refractivity (Wildman–Crippen MR) is 361 cm³/mol. The maximum Gasteiger partial charge on any atom is 0.469 e. The molecule has 1 aliphatic carbocycles. The van der Waals surface area contributed by atoms with Gasteiger partial charge in [0.15, 0.2) is 6.10 Å². The number of phosphoric acid groups is 1. The van der Waals surface area contributed by atoms with Gasteiger partial charge in [0.1, 0.15) is 44.4 Å². The van der Waals surface area contributed by atoms with E-state index in [0.29, 0.717) is 34.4 Å². The Morgan fingerprint density at radius 1 is 0.816 bits per heavy atom. The molecule has 7 unspecified atom stereocenters. The fourth-order valence-corrected chi connectivity index (χ4v) is 13.6. The third-order valence-corrected chi connectivity index (χ3v) is 18.8. The van der Waals surface area contributed by atoms with Crippen LogP contribution in [-0.2, 0) is 85.7 Å². The van der Waals surface area contributed by atoms with E-state index in [2.05, 4.69) is 31.1 Å². The number of rotatable bonds is 38. The molecule has 30 heteroatoms. The second-order valence-corrected chi connectivity index (χ2v) is 28.0. The number of nitrogens with one attached hydrogen (secondary N) is 5. The first-order valence-corrected chi connectivity index (χ1v) is 35.3. The molecule has 4 amide bonds. The van der Waals surface area contributed by atoms with Crippen molar-refractivity contribution in [3.8, 4) is 11.1 Å². The molecule has 7 rings (SSSR count). The van der Waals surface area contributed by atoms with E-state index in [4.69, 9.17) is 49.8 Å². The molecule has 1 aliphatic heterocycles. The standard InChI is InChI=1S/C68H81ClN5O19PS2.2Fm/c1-41(2)31-57(92-65(81)68(4,5)40-70-6)64(80)91-56(42(3)61-62(93-61)45-15-8-7-9-16-45)21-14-22-59(76)72-47(35-75)33-43-23-25-54(53(69)34-43)73-66(82)88-36-44-24-26-58(46(32-44)27-29-87-38-60(77)78)96-95-39-55(63(79)71-28-30-90-94(84,85)86)74-67(83)89-37-52-50-19-12-10-17-48(50)49-18-11-13-20-51(49)52;;/h7-20,22-26,32,34-35,41-42,47,52,55-57,61-62,70H,21,27-31,33,36-40H2,1-6H3,(H,71,79)(H,72,76)(H,73,82)(H,74,83)(H,77,78)(H2,84,85,86);;/b22-14+;;. The Labute approximate surface area is 570 Å². The number of carbonyl (C=O) groups excluding carboxylic acids is 7. The van der Waals surface area contributed by atoms with Crippen LogP contribution in [0.2, 0.25) is 5.02 Å². The number of carbonyl (C=O) groups is 8. The third kappa shape index (κ3) is 24.2. The van der Waals surface area contributed by atoms with Gasteiger partial charge in [0.05, 0.1) is 41.5 Å². The number of aldehydes is 1. The molecule has 2 aliphatic rings. The van der Waals surface area contributed by atoms with Gasteiger partial charge in [-0.1, -0.05) is 157 Å². The first kappa shape index (κ1) is 79.1. The number of epoxide rings is 1. The molecule has 540 valence electrons. The number of esters is 2. The minimum atomic E-state index is -4.82. The van der Waals surface area contributed by atoms with Crippen LogP contribution in [0.25, 0.3) is 11.1 Å². The number of carboxylic acids is 1. The number of fused-ring (bicyclic) bond motifs is 3. The average Bonchev–Trinajstić information content (AvgIpc) is 1.63. The van der Waals surface area contributed by atoms with Crippen LogP contribution in [-0.4, -0.2) is 146 Å². The Kier molecular flexibility index (Phi) is 30.5. The minimum Gasteiger partial charge on any atom is -0.480 e. The molecule has 8 N–H and O–H groups in total. The molecular formula is C68H81ClFm2N5O19PS2. The van der Waals surface area contributed by atoms with Gasteiger partial charge in [-0.25, -0.2) is 23.7 Å². The summed E-state index contributed by atoms with van der Waals surface area (Å²) in [6.07, 6.45) is -0.378. The largest absolute Gasteiger partial charge is 0.480 e. The average molecular weight is 1920 g/mol. The summed E-state index contributed by atoms with van der Waals surface area (Å²) in [6, 6.07) is 32.8. The minimum absolute atomic E-state index is 0. The smallest absolute Gasteiger partial charge is 0.469 e. The summed E-state index contributed by atoms with van der Waals surface area (Å²) in [7, 11) is -0.700. The number of alkyl carbamates (subject to hydrolysis) is 1. The SMILES string of the molecule is CNCC(C)(C)C(=O)OC(CC(C)C)C(=O)OC(C/C=C/C(=O)NC(C=O)Cc1ccc(NC(=O)OCc2ccc(SSCC(NC(=O)OCC3c4ccccc4-c4ccccc43)C(=O)NCCOP(=O)(O)O)c(CCOCC(=O)O)c2)c(Cl)c1)C(C)C1OC1c1ccccc1.[Fm].[Fm]. The molecule has 0 saturated carbocycles. The zero-order chi connectivity index (χ0) is 69.5. The number of aliphatic carboxylic acids is 1. The molecule has 24 nitrogen and oxygen atoms in total. The van der Waals surface area contributed by atoms with Crippen LogP contribution in [0.1, 0.15) is 92.9 Å². The van der Waals surface area contributed by atoms with E-state index >= 15 is 0 Å². The summed E-state index contributed by atoms with van der Waals surface area (Å²) in [4.78, 5) is 123. The van der Waals surface area contributed by atoms with Gasteiger partial charge in [-0.3, -0.25) is 24.2 Å². The first-order valence-electron chi connectivity index (χ1n) is 31.0. The van der Waals surface area contributed by atoms with Crippen molar-refractivity contribution in [3.63, 3.8) is 0 Å². The molecule has 98 heavy (non-hydrogen) atoms. The van der Waals surface area contributed by atoms with Crippen molar-refractivity contribution >= 4 is 94.9 Å². The number of amides is 4. The fourth-order valence-electron chi connectivity index (χ4n) is 10.6. The Morgan fingerprint density at radius 2 is 1.49 bits per heavy atom. The van der Waals surface area contributed by atoms with Crippen LogP contribution < -0.4 is 26.6 Å². The molecule has 1 fully saturated rings. The van der Waals surface area contributed by atoms with E-state index in [9.17, 15) is 48.0 Å². The van der Waals surface area contributed by atoms with Crippen LogP contribution in [0.4, 0.5) is 15.3 Å². The molecule has 0 bridgehead atoms. The van der Waals surface area contributed by atoms with Crippen LogP contribution in [0.5, 0.6) is 0 Å². The van der Waals surface area contributed by atoms with Crippen LogP contribution in [0.15, 0.2) is 132 Å². The predicted octanol–water partition coefficient (Wildman–Crippen LogP) is 9.67. The Balaban J connectivity index is 0.00000867. The van der Waals surface area contributed by atoms with Crippen molar-refractivity contribution in [3.05, 3.63) is 166 Å². The third-order valence-electron chi connectivity index (χ3n) is 15.5. The molecule has 5 aromatic carbocycles. The van der Waals surface area contributed by atoms with Crippen molar-refractivity contribution < 1.29 is 90.8 Å². The number of anilines is 1. The van der Waals surface area contributed by atoms with Gasteiger partial charge in [0.25, 0.3) is 0 Å². The molecule has 1 heterocycles. The van der Waals surface area contributed by atoms with Crippen molar-refractivity contribution in [2.75, 3.05) is 57.6 Å². The van der Waals surface area contributed by atoms with Gasteiger partial charge in [-0.15, -0.1) is 0 Å².